The van der Waals surface area contributed by atoms with E-state index in [1.165, 1.54) is 17.3 Å². The van der Waals surface area contributed by atoms with Crippen LogP contribution in [-0.4, -0.2) is 18.2 Å². The molecule has 1 aliphatic rings. The van der Waals surface area contributed by atoms with Crippen LogP contribution in [0.25, 0.3) is 6.08 Å². The normalized spacial score (nSPS) is 15.6. The van der Waals surface area contributed by atoms with E-state index in [0.717, 1.165) is 14.7 Å². The molecule has 0 aliphatic carbocycles. The smallest absolute Gasteiger partial charge is 0.264 e. The molecule has 0 radical (unpaired) electrons. The van der Waals surface area contributed by atoms with E-state index < -0.39 is 0 Å². The number of hydrogen-bond acceptors (Lipinski definition) is 5. The van der Waals surface area contributed by atoms with Gasteiger partial charge in [-0.1, -0.05) is 59.1 Å². The van der Waals surface area contributed by atoms with Crippen LogP contribution in [0.4, 0.5) is 5.69 Å². The molecule has 0 spiro atoms. The first-order valence-electron chi connectivity index (χ1n) is 10.1. The van der Waals surface area contributed by atoms with Crippen molar-refractivity contribution in [3.63, 3.8) is 0 Å². The Morgan fingerprint density at radius 1 is 1.15 bits per heavy atom. The molecule has 0 unspecified atom stereocenters. The zero-order valence-electron chi connectivity index (χ0n) is 18.2. The molecule has 1 aliphatic heterocycles. The third kappa shape index (κ3) is 5.89. The number of rotatable bonds is 6. The Morgan fingerprint density at radius 2 is 1.91 bits per heavy atom. The van der Waals surface area contributed by atoms with Crippen LogP contribution < -0.4 is 14.8 Å². The second kappa shape index (κ2) is 11.0. The molecule has 3 aromatic carbocycles. The summed E-state index contributed by atoms with van der Waals surface area (Å²) in [6.45, 7) is 2.48. The zero-order chi connectivity index (χ0) is 24.2. The summed E-state index contributed by atoms with van der Waals surface area (Å²) < 4.78 is 12.5. The van der Waals surface area contributed by atoms with Gasteiger partial charge < -0.3 is 14.8 Å². The van der Waals surface area contributed by atoms with E-state index in [1.54, 1.807) is 31.4 Å². The third-order valence-corrected chi connectivity index (χ3v) is 7.38. The molecule has 1 saturated heterocycles. The predicted molar refractivity (Wildman–Crippen MR) is 148 cm³/mol. The van der Waals surface area contributed by atoms with Gasteiger partial charge in [0.1, 0.15) is 6.61 Å². The van der Waals surface area contributed by atoms with Crippen molar-refractivity contribution >= 4 is 80.4 Å². The Hall–Kier alpha value is -2.20. The number of carbonyl (C=O) groups excluding carboxylic acids is 1. The van der Waals surface area contributed by atoms with Gasteiger partial charge in [-0.25, -0.2) is 4.99 Å². The number of halogens is 3. The fourth-order valence-electron chi connectivity index (χ4n) is 3.12. The molecule has 34 heavy (non-hydrogen) atoms. The molecule has 1 amide bonds. The summed E-state index contributed by atoms with van der Waals surface area (Å²) in [7, 11) is 1.59. The molecule has 0 aromatic heterocycles. The number of amidine groups is 1. The number of thioether (sulfide) groups is 1. The highest BCUT2D eigenvalue weighted by atomic mass is 127. The lowest BCUT2D eigenvalue weighted by atomic mass is 10.1. The van der Waals surface area contributed by atoms with Crippen LogP contribution in [0.2, 0.25) is 10.0 Å². The molecular formula is C25H19Cl2IN2O3S. The molecule has 5 nitrogen and oxygen atoms in total. The van der Waals surface area contributed by atoms with Crippen molar-refractivity contribution in [2.75, 3.05) is 7.11 Å². The topological polar surface area (TPSA) is 59.9 Å². The quantitative estimate of drug-likeness (QED) is 0.230. The molecule has 0 saturated carbocycles. The maximum Gasteiger partial charge on any atom is 0.264 e. The largest absolute Gasteiger partial charge is 0.493 e. The minimum absolute atomic E-state index is 0.240. The van der Waals surface area contributed by atoms with Gasteiger partial charge in [-0.05, 0) is 82.7 Å². The van der Waals surface area contributed by atoms with Crippen LogP contribution in [0.5, 0.6) is 11.5 Å². The maximum absolute atomic E-state index is 12.5. The second-order valence-corrected chi connectivity index (χ2v) is 10.3. The number of hydrogen-bond donors (Lipinski definition) is 1. The molecule has 1 N–H and O–H groups in total. The molecule has 1 fully saturated rings. The fraction of sp³-hybridized carbons (Fsp3) is 0.120. The SMILES string of the molecule is COc1cc(/C=C2/SC(=Nc3cccc(Cl)c3Cl)NC2=O)cc(I)c1OCc1ccc(C)cc1. The average Bonchev–Trinajstić information content (AvgIpc) is 3.15. The molecule has 174 valence electrons. The van der Waals surface area contributed by atoms with Crippen molar-refractivity contribution in [1.29, 1.82) is 0 Å². The van der Waals surface area contributed by atoms with Crippen LogP contribution in [0.1, 0.15) is 16.7 Å². The number of amides is 1. The van der Waals surface area contributed by atoms with Crippen molar-refractivity contribution < 1.29 is 14.3 Å². The lowest BCUT2D eigenvalue weighted by Gasteiger charge is -2.14. The lowest BCUT2D eigenvalue weighted by Crippen LogP contribution is -2.19. The van der Waals surface area contributed by atoms with Gasteiger partial charge in [0.05, 0.1) is 31.3 Å². The summed E-state index contributed by atoms with van der Waals surface area (Å²) >= 11 is 15.7. The maximum atomic E-state index is 12.5. The van der Waals surface area contributed by atoms with E-state index >= 15 is 0 Å². The first-order valence-corrected chi connectivity index (χ1v) is 12.8. The Labute approximate surface area is 225 Å². The minimum atomic E-state index is -0.240. The van der Waals surface area contributed by atoms with Crippen LogP contribution in [0, 0.1) is 10.5 Å². The molecule has 0 atom stereocenters. The second-order valence-electron chi connectivity index (χ2n) is 7.36. The molecule has 4 rings (SSSR count). The Balaban J connectivity index is 1.54. The number of aliphatic imine (C=N–C) groups is 1. The summed E-state index contributed by atoms with van der Waals surface area (Å²) in [5.41, 5.74) is 3.57. The van der Waals surface area contributed by atoms with Crippen molar-refractivity contribution in [1.82, 2.24) is 5.32 Å². The highest BCUT2D eigenvalue weighted by molar-refractivity contribution is 14.1. The molecule has 3 aromatic rings. The summed E-state index contributed by atoms with van der Waals surface area (Å²) in [6.07, 6.45) is 1.79. The number of benzene rings is 3. The van der Waals surface area contributed by atoms with Crippen LogP contribution in [0.3, 0.4) is 0 Å². The van der Waals surface area contributed by atoms with E-state index in [0.29, 0.717) is 43.9 Å². The van der Waals surface area contributed by atoms with Crippen LogP contribution in [0.15, 0.2) is 64.5 Å². The zero-order valence-corrected chi connectivity index (χ0v) is 22.7. The first-order chi connectivity index (χ1) is 16.3. The lowest BCUT2D eigenvalue weighted by molar-refractivity contribution is -0.115. The van der Waals surface area contributed by atoms with Gasteiger partial charge in [0.25, 0.3) is 5.91 Å². The van der Waals surface area contributed by atoms with Crippen LogP contribution >= 0.6 is 57.6 Å². The molecule has 0 bridgehead atoms. The van der Waals surface area contributed by atoms with E-state index in [-0.39, 0.29) is 5.91 Å². The van der Waals surface area contributed by atoms with Crippen molar-refractivity contribution in [3.05, 3.63) is 89.8 Å². The number of carbonyl (C=O) groups is 1. The van der Waals surface area contributed by atoms with E-state index in [9.17, 15) is 4.79 Å². The summed E-state index contributed by atoms with van der Waals surface area (Å²) in [6, 6.07) is 17.1. The number of nitrogens with one attached hydrogen (secondary N) is 1. The van der Waals surface area contributed by atoms with Crippen molar-refractivity contribution in [2.45, 2.75) is 13.5 Å². The summed E-state index contributed by atoms with van der Waals surface area (Å²) in [5, 5.41) is 3.93. The summed E-state index contributed by atoms with van der Waals surface area (Å²) in [5.74, 6) is 1.01. The predicted octanol–water partition coefficient (Wildman–Crippen LogP) is 7.39. The molecule has 9 heteroatoms. The average molecular weight is 625 g/mol. The molecular weight excluding hydrogens is 606 g/mol. The highest BCUT2D eigenvalue weighted by Crippen LogP contribution is 2.37. The first kappa shape index (κ1) is 24.9. The number of aryl methyl sites for hydroxylation is 1. The van der Waals surface area contributed by atoms with E-state index in [1.807, 2.05) is 31.2 Å². The van der Waals surface area contributed by atoms with Gasteiger partial charge >= 0.3 is 0 Å². The van der Waals surface area contributed by atoms with Gasteiger partial charge in [-0.2, -0.15) is 0 Å². The van der Waals surface area contributed by atoms with Gasteiger partial charge in [0.15, 0.2) is 16.7 Å². The number of ether oxygens (including phenoxy) is 2. The Morgan fingerprint density at radius 3 is 2.65 bits per heavy atom. The Bertz CT molecular complexity index is 1310. The number of nitrogens with zero attached hydrogens (tertiary/aromatic N) is 1. The summed E-state index contributed by atoms with van der Waals surface area (Å²) in [4.78, 5) is 17.5. The standard InChI is InChI=1S/C25H19Cl2IN2O3S/c1-14-6-8-15(9-7-14)13-33-23-18(28)10-16(11-20(23)32-2)12-21-24(31)30-25(34-21)29-19-5-3-4-17(26)22(19)27/h3-12H,13H2,1-2H3,(H,29,30,31)/b21-12+. The Kier molecular flexibility index (Phi) is 8.08. The molecule has 1 heterocycles. The highest BCUT2D eigenvalue weighted by Gasteiger charge is 2.24. The van der Waals surface area contributed by atoms with Crippen molar-refractivity contribution in [3.8, 4) is 11.5 Å². The van der Waals surface area contributed by atoms with Gasteiger partial charge in [0, 0.05) is 0 Å². The van der Waals surface area contributed by atoms with Crippen molar-refractivity contribution in [2.24, 2.45) is 4.99 Å². The monoisotopic (exact) mass is 624 g/mol. The van der Waals surface area contributed by atoms with E-state index in [4.69, 9.17) is 32.7 Å². The van der Waals surface area contributed by atoms with Gasteiger partial charge in [-0.3, -0.25) is 4.79 Å². The van der Waals surface area contributed by atoms with Crippen LogP contribution in [-0.2, 0) is 11.4 Å². The van der Waals surface area contributed by atoms with E-state index in [2.05, 4.69) is 45.0 Å². The van der Waals surface area contributed by atoms with Gasteiger partial charge in [-0.15, -0.1) is 0 Å². The third-order valence-electron chi connectivity index (χ3n) is 4.86. The minimum Gasteiger partial charge on any atom is -0.493 e. The van der Waals surface area contributed by atoms with Gasteiger partial charge in [0.2, 0.25) is 0 Å². The number of methoxy groups -OCH3 is 1. The fourth-order valence-corrected chi connectivity index (χ4v) is 5.08.